The molecule has 7 heteroatoms. The third-order valence-electron chi connectivity index (χ3n) is 3.99. The highest BCUT2D eigenvalue weighted by Gasteiger charge is 2.21. The van der Waals surface area contributed by atoms with Crippen molar-refractivity contribution in [3.63, 3.8) is 0 Å². The molecule has 0 saturated heterocycles. The third kappa shape index (κ3) is 5.01. The Morgan fingerprint density at radius 3 is 2.50 bits per heavy atom. The van der Waals surface area contributed by atoms with Crippen molar-refractivity contribution >= 4 is 28.3 Å². The van der Waals surface area contributed by atoms with Crippen molar-refractivity contribution in [2.24, 2.45) is 0 Å². The van der Waals surface area contributed by atoms with Crippen LogP contribution in [0.5, 0.6) is 0 Å². The molecule has 0 bridgehead atoms. The lowest BCUT2D eigenvalue weighted by Crippen LogP contribution is -2.34. The van der Waals surface area contributed by atoms with Gasteiger partial charge in [0.1, 0.15) is 5.82 Å². The van der Waals surface area contributed by atoms with E-state index in [1.807, 2.05) is 35.7 Å². The number of carbonyl (C=O) groups is 2. The van der Waals surface area contributed by atoms with Gasteiger partial charge < -0.3 is 4.74 Å². The Bertz CT molecular complexity index is 942. The Morgan fingerprint density at radius 2 is 1.82 bits per heavy atom. The quantitative estimate of drug-likeness (QED) is 0.552. The van der Waals surface area contributed by atoms with Gasteiger partial charge in [0.25, 0.3) is 5.91 Å². The van der Waals surface area contributed by atoms with Gasteiger partial charge >= 0.3 is 5.97 Å². The highest BCUT2D eigenvalue weighted by atomic mass is 32.1. The first-order valence-corrected chi connectivity index (χ1v) is 9.66. The van der Waals surface area contributed by atoms with E-state index in [9.17, 15) is 14.0 Å². The van der Waals surface area contributed by atoms with E-state index in [1.165, 1.54) is 28.4 Å². The van der Waals surface area contributed by atoms with E-state index in [2.05, 4.69) is 4.98 Å². The number of esters is 1. The number of hydrogen-bond acceptors (Lipinski definition) is 5. The first-order chi connectivity index (χ1) is 13.6. The molecule has 1 amide bonds. The fraction of sp³-hybridized carbons (Fsp3) is 0.190. The Balaban J connectivity index is 1.84. The highest BCUT2D eigenvalue weighted by Crippen LogP contribution is 2.28. The van der Waals surface area contributed by atoms with Crippen LogP contribution in [-0.2, 0) is 20.9 Å². The van der Waals surface area contributed by atoms with Crippen LogP contribution in [0.3, 0.4) is 0 Å². The first kappa shape index (κ1) is 19.7. The number of amides is 1. The monoisotopic (exact) mass is 398 g/mol. The molecule has 144 valence electrons. The van der Waals surface area contributed by atoms with Gasteiger partial charge in [-0.1, -0.05) is 37.3 Å². The summed E-state index contributed by atoms with van der Waals surface area (Å²) < 4.78 is 18.2. The van der Waals surface area contributed by atoms with Gasteiger partial charge in [0.05, 0.1) is 12.2 Å². The van der Waals surface area contributed by atoms with Gasteiger partial charge in [0.15, 0.2) is 11.7 Å². The van der Waals surface area contributed by atoms with E-state index in [0.717, 1.165) is 11.1 Å². The summed E-state index contributed by atoms with van der Waals surface area (Å²) in [5.41, 5.74) is 2.33. The van der Waals surface area contributed by atoms with Crippen LogP contribution in [0.1, 0.15) is 18.9 Å². The minimum atomic E-state index is -0.431. The van der Waals surface area contributed by atoms with E-state index in [4.69, 9.17) is 4.74 Å². The minimum absolute atomic E-state index is 0.206. The van der Waals surface area contributed by atoms with Gasteiger partial charge in [-0.2, -0.15) is 0 Å². The summed E-state index contributed by atoms with van der Waals surface area (Å²) >= 11 is 1.30. The Morgan fingerprint density at radius 1 is 1.11 bits per heavy atom. The molecular formula is C21H19FN2O3S. The van der Waals surface area contributed by atoms with Gasteiger partial charge in [0, 0.05) is 17.4 Å². The number of nitrogens with zero attached hydrogens (tertiary/aromatic N) is 2. The molecular weight excluding hydrogens is 379 g/mol. The van der Waals surface area contributed by atoms with Gasteiger partial charge in [-0.05, 0) is 29.8 Å². The number of halogens is 1. The number of benzene rings is 2. The summed E-state index contributed by atoms with van der Waals surface area (Å²) in [4.78, 5) is 30.2. The molecule has 0 fully saturated rings. The fourth-order valence-electron chi connectivity index (χ4n) is 2.49. The summed E-state index contributed by atoms with van der Waals surface area (Å²) in [6, 6.07) is 15.5. The maximum atomic E-state index is 13.2. The molecule has 5 nitrogen and oxygen atoms in total. The number of ether oxygens (including phenoxy) is 1. The molecule has 0 atom stereocenters. The smallest absolute Gasteiger partial charge is 0.306 e. The summed E-state index contributed by atoms with van der Waals surface area (Å²) in [7, 11) is 0. The number of aromatic nitrogens is 1. The second kappa shape index (κ2) is 9.23. The predicted molar refractivity (Wildman–Crippen MR) is 106 cm³/mol. The average Bonchev–Trinajstić information content (AvgIpc) is 3.21. The van der Waals surface area contributed by atoms with Crippen LogP contribution in [0, 0.1) is 5.82 Å². The van der Waals surface area contributed by atoms with Gasteiger partial charge in [-0.15, -0.1) is 11.3 Å². The zero-order chi connectivity index (χ0) is 19.9. The predicted octanol–water partition coefficient (Wildman–Crippen LogP) is 4.44. The summed E-state index contributed by atoms with van der Waals surface area (Å²) in [6.45, 7) is 1.63. The Labute approximate surface area is 166 Å². The van der Waals surface area contributed by atoms with Crippen LogP contribution in [0.15, 0.2) is 60.0 Å². The van der Waals surface area contributed by atoms with Crippen LogP contribution in [0.2, 0.25) is 0 Å². The topological polar surface area (TPSA) is 59.5 Å². The lowest BCUT2D eigenvalue weighted by atomic mass is 10.2. The van der Waals surface area contributed by atoms with E-state index < -0.39 is 5.97 Å². The molecule has 0 unspecified atom stereocenters. The molecule has 2 aromatic carbocycles. The van der Waals surface area contributed by atoms with Gasteiger partial charge in [0.2, 0.25) is 0 Å². The SMILES string of the molecule is CCC(=O)OCC(=O)N(Cc1ccccc1)c1nc(-c2ccc(F)cc2)cs1. The Kier molecular flexibility index (Phi) is 6.49. The molecule has 0 aliphatic rings. The molecule has 0 N–H and O–H groups in total. The molecule has 1 aromatic heterocycles. The van der Waals surface area contributed by atoms with Crippen LogP contribution >= 0.6 is 11.3 Å². The van der Waals surface area contributed by atoms with Crippen LogP contribution in [-0.4, -0.2) is 23.5 Å². The number of hydrogen-bond donors (Lipinski definition) is 0. The zero-order valence-electron chi connectivity index (χ0n) is 15.3. The molecule has 28 heavy (non-hydrogen) atoms. The maximum Gasteiger partial charge on any atom is 0.306 e. The van der Waals surface area contributed by atoms with E-state index in [-0.39, 0.29) is 24.8 Å². The van der Waals surface area contributed by atoms with Crippen molar-refractivity contribution in [3.8, 4) is 11.3 Å². The summed E-state index contributed by atoms with van der Waals surface area (Å²) in [6.07, 6.45) is 0.206. The lowest BCUT2D eigenvalue weighted by molar-refractivity contribution is -0.147. The van der Waals surface area contributed by atoms with Crippen molar-refractivity contribution < 1.29 is 18.7 Å². The van der Waals surface area contributed by atoms with Gasteiger partial charge in [-0.25, -0.2) is 9.37 Å². The normalized spacial score (nSPS) is 10.5. The van der Waals surface area contributed by atoms with Gasteiger partial charge in [-0.3, -0.25) is 14.5 Å². The summed E-state index contributed by atoms with van der Waals surface area (Å²) in [5.74, 6) is -1.11. The molecule has 3 aromatic rings. The lowest BCUT2D eigenvalue weighted by Gasteiger charge is -2.20. The number of thiazole rings is 1. The van der Waals surface area contributed by atoms with Crippen molar-refractivity contribution in [1.82, 2.24) is 4.98 Å². The number of carbonyl (C=O) groups excluding carboxylic acids is 2. The van der Waals surface area contributed by atoms with Crippen molar-refractivity contribution in [2.75, 3.05) is 11.5 Å². The van der Waals surface area contributed by atoms with Crippen LogP contribution in [0.4, 0.5) is 9.52 Å². The molecule has 0 aliphatic carbocycles. The zero-order valence-corrected chi connectivity index (χ0v) is 16.1. The van der Waals surface area contributed by atoms with Crippen molar-refractivity contribution in [1.29, 1.82) is 0 Å². The first-order valence-electron chi connectivity index (χ1n) is 8.78. The second-order valence-corrected chi connectivity index (χ2v) is 6.84. The standard InChI is InChI=1S/C21H19FN2O3S/c1-2-20(26)27-13-19(25)24(12-15-6-4-3-5-7-15)21-23-18(14-28-21)16-8-10-17(22)11-9-16/h3-11,14H,2,12-13H2,1H3. The minimum Gasteiger partial charge on any atom is -0.456 e. The third-order valence-corrected chi connectivity index (χ3v) is 4.86. The number of anilines is 1. The number of rotatable bonds is 7. The largest absolute Gasteiger partial charge is 0.456 e. The molecule has 3 rings (SSSR count). The van der Waals surface area contributed by atoms with E-state index in [1.54, 1.807) is 19.1 Å². The average molecular weight is 398 g/mol. The molecule has 0 saturated carbocycles. The molecule has 0 aliphatic heterocycles. The molecule has 1 heterocycles. The van der Waals surface area contributed by atoms with Crippen LogP contribution < -0.4 is 4.90 Å². The molecule has 0 spiro atoms. The summed E-state index contributed by atoms with van der Waals surface area (Å²) in [5, 5.41) is 2.30. The van der Waals surface area contributed by atoms with E-state index >= 15 is 0 Å². The molecule has 0 radical (unpaired) electrons. The second-order valence-electron chi connectivity index (χ2n) is 6.00. The van der Waals surface area contributed by atoms with E-state index in [0.29, 0.717) is 17.4 Å². The highest BCUT2D eigenvalue weighted by molar-refractivity contribution is 7.14. The van der Waals surface area contributed by atoms with Crippen molar-refractivity contribution in [2.45, 2.75) is 19.9 Å². The van der Waals surface area contributed by atoms with Crippen molar-refractivity contribution in [3.05, 3.63) is 71.4 Å². The Hall–Kier alpha value is -3.06. The maximum absolute atomic E-state index is 13.2. The van der Waals surface area contributed by atoms with Crippen LogP contribution in [0.25, 0.3) is 11.3 Å². The fourth-order valence-corrected chi connectivity index (χ4v) is 3.34.